The third kappa shape index (κ3) is 3.91. The maximum Gasteiger partial charge on any atom is 0.327 e. The molecular formula is C15H19NO4S. The lowest BCUT2D eigenvalue weighted by Crippen LogP contribution is -2.41. The number of aliphatic carboxylic acids is 1. The Balaban J connectivity index is 1.96. The molecule has 0 bridgehead atoms. The van der Waals surface area contributed by atoms with Gasteiger partial charge in [0, 0.05) is 12.2 Å². The summed E-state index contributed by atoms with van der Waals surface area (Å²) in [4.78, 5) is 24.8. The van der Waals surface area contributed by atoms with Crippen molar-refractivity contribution in [2.45, 2.75) is 25.8 Å². The minimum atomic E-state index is -0.928. The van der Waals surface area contributed by atoms with Crippen LogP contribution in [0.2, 0.25) is 0 Å². The molecule has 1 aromatic rings. The van der Waals surface area contributed by atoms with E-state index in [-0.39, 0.29) is 5.91 Å². The molecule has 1 atom stereocenters. The van der Waals surface area contributed by atoms with Gasteiger partial charge in [-0.3, -0.25) is 4.79 Å². The van der Waals surface area contributed by atoms with E-state index in [9.17, 15) is 9.59 Å². The molecule has 1 saturated heterocycles. The number of carbonyl (C=O) groups excluding carboxylic acids is 1. The number of hydrogen-bond acceptors (Lipinski definition) is 4. The van der Waals surface area contributed by atoms with Gasteiger partial charge in [-0.1, -0.05) is 18.2 Å². The maximum atomic E-state index is 12.2. The van der Waals surface area contributed by atoms with Crippen LogP contribution in [0.3, 0.4) is 0 Å². The molecule has 1 aliphatic rings. The summed E-state index contributed by atoms with van der Waals surface area (Å²) in [5.41, 5.74) is 0.978. The number of carboxylic acids is 1. The van der Waals surface area contributed by atoms with E-state index < -0.39 is 12.0 Å². The minimum Gasteiger partial charge on any atom is -0.494 e. The van der Waals surface area contributed by atoms with Gasteiger partial charge in [-0.15, -0.1) is 11.8 Å². The Labute approximate surface area is 128 Å². The number of carbonyl (C=O) groups is 2. The monoisotopic (exact) mass is 309 g/mol. The standard InChI is InChI=1S/C15H19NO4S/c1-2-20-13-6-4-3-5-11(13)7-8-14(17)16-10-21-9-12(16)15(18)19/h3-6,12H,2,7-10H2,1H3,(H,18,19). The Morgan fingerprint density at radius 3 is 2.90 bits per heavy atom. The molecule has 0 radical (unpaired) electrons. The van der Waals surface area contributed by atoms with Gasteiger partial charge in [0.05, 0.1) is 12.5 Å². The number of hydrogen-bond donors (Lipinski definition) is 1. The van der Waals surface area contributed by atoms with Crippen LogP contribution in [0.25, 0.3) is 0 Å². The van der Waals surface area contributed by atoms with Crippen LogP contribution in [0.15, 0.2) is 24.3 Å². The Hall–Kier alpha value is -1.69. The Bertz CT molecular complexity index is 520. The highest BCUT2D eigenvalue weighted by atomic mass is 32.2. The maximum absolute atomic E-state index is 12.2. The molecule has 2 rings (SSSR count). The Kier molecular flexibility index (Phi) is 5.50. The van der Waals surface area contributed by atoms with Crippen molar-refractivity contribution < 1.29 is 19.4 Å². The molecule has 1 unspecified atom stereocenters. The van der Waals surface area contributed by atoms with E-state index in [1.54, 1.807) is 0 Å². The van der Waals surface area contributed by atoms with Gasteiger partial charge in [-0.05, 0) is 25.0 Å². The predicted octanol–water partition coefficient (Wildman–Crippen LogP) is 2.00. The van der Waals surface area contributed by atoms with Gasteiger partial charge >= 0.3 is 5.97 Å². The zero-order chi connectivity index (χ0) is 15.2. The van der Waals surface area contributed by atoms with Gasteiger partial charge in [0.15, 0.2) is 0 Å². The first kappa shape index (κ1) is 15.7. The van der Waals surface area contributed by atoms with Crippen molar-refractivity contribution >= 4 is 23.6 Å². The van der Waals surface area contributed by atoms with Gasteiger partial charge in [0.1, 0.15) is 11.8 Å². The van der Waals surface area contributed by atoms with Crippen molar-refractivity contribution in [1.29, 1.82) is 0 Å². The molecule has 1 heterocycles. The average molecular weight is 309 g/mol. The molecule has 1 fully saturated rings. The first-order valence-corrected chi connectivity index (χ1v) is 8.09. The van der Waals surface area contributed by atoms with Crippen molar-refractivity contribution in [3.05, 3.63) is 29.8 Å². The molecule has 1 aliphatic heterocycles. The summed E-state index contributed by atoms with van der Waals surface area (Å²) < 4.78 is 5.53. The Morgan fingerprint density at radius 1 is 1.43 bits per heavy atom. The van der Waals surface area contributed by atoms with E-state index in [1.807, 2.05) is 31.2 Å². The van der Waals surface area contributed by atoms with Crippen LogP contribution >= 0.6 is 11.8 Å². The van der Waals surface area contributed by atoms with Crippen molar-refractivity contribution in [3.63, 3.8) is 0 Å². The minimum absolute atomic E-state index is 0.112. The predicted molar refractivity (Wildman–Crippen MR) is 81.5 cm³/mol. The number of ether oxygens (including phenoxy) is 1. The van der Waals surface area contributed by atoms with E-state index in [2.05, 4.69) is 0 Å². The number of para-hydroxylation sites is 1. The van der Waals surface area contributed by atoms with E-state index in [0.29, 0.717) is 31.1 Å². The molecule has 0 aromatic heterocycles. The smallest absolute Gasteiger partial charge is 0.327 e. The number of thioether (sulfide) groups is 1. The largest absolute Gasteiger partial charge is 0.494 e. The van der Waals surface area contributed by atoms with Crippen LogP contribution in [-0.4, -0.2) is 46.2 Å². The number of aryl methyl sites for hydroxylation is 1. The van der Waals surface area contributed by atoms with Gasteiger partial charge in [-0.2, -0.15) is 0 Å². The lowest BCUT2D eigenvalue weighted by Gasteiger charge is -2.20. The van der Waals surface area contributed by atoms with Crippen LogP contribution in [0, 0.1) is 0 Å². The highest BCUT2D eigenvalue weighted by Gasteiger charge is 2.34. The van der Waals surface area contributed by atoms with Gasteiger partial charge < -0.3 is 14.7 Å². The van der Waals surface area contributed by atoms with Crippen molar-refractivity contribution in [3.8, 4) is 5.75 Å². The van der Waals surface area contributed by atoms with Gasteiger partial charge in [-0.25, -0.2) is 4.79 Å². The van der Waals surface area contributed by atoms with E-state index in [4.69, 9.17) is 9.84 Å². The molecule has 6 heteroatoms. The summed E-state index contributed by atoms with van der Waals surface area (Å²) in [5, 5.41) is 9.10. The fourth-order valence-electron chi connectivity index (χ4n) is 2.28. The highest BCUT2D eigenvalue weighted by molar-refractivity contribution is 7.99. The zero-order valence-electron chi connectivity index (χ0n) is 11.9. The van der Waals surface area contributed by atoms with Crippen molar-refractivity contribution in [2.24, 2.45) is 0 Å². The molecule has 5 nitrogen and oxygen atoms in total. The van der Waals surface area contributed by atoms with Crippen LogP contribution in [0.1, 0.15) is 18.9 Å². The van der Waals surface area contributed by atoms with Crippen LogP contribution in [0.4, 0.5) is 0 Å². The van der Waals surface area contributed by atoms with Gasteiger partial charge in [0.25, 0.3) is 0 Å². The van der Waals surface area contributed by atoms with Crippen LogP contribution in [0.5, 0.6) is 5.75 Å². The number of benzene rings is 1. The third-order valence-corrected chi connectivity index (χ3v) is 4.38. The van der Waals surface area contributed by atoms with Crippen molar-refractivity contribution in [1.82, 2.24) is 4.90 Å². The van der Waals surface area contributed by atoms with Gasteiger partial charge in [0.2, 0.25) is 5.91 Å². The fourth-order valence-corrected chi connectivity index (χ4v) is 3.46. The quantitative estimate of drug-likeness (QED) is 0.870. The molecule has 1 aromatic carbocycles. The summed E-state index contributed by atoms with van der Waals surface area (Å²) in [6.45, 7) is 2.50. The second kappa shape index (κ2) is 7.36. The van der Waals surface area contributed by atoms with E-state index in [1.165, 1.54) is 16.7 Å². The first-order chi connectivity index (χ1) is 10.1. The lowest BCUT2D eigenvalue weighted by atomic mass is 10.1. The highest BCUT2D eigenvalue weighted by Crippen LogP contribution is 2.24. The number of carboxylic acid groups (broad SMARTS) is 1. The molecule has 114 valence electrons. The van der Waals surface area contributed by atoms with Crippen LogP contribution in [-0.2, 0) is 16.0 Å². The lowest BCUT2D eigenvalue weighted by molar-refractivity contribution is -0.147. The Morgan fingerprint density at radius 2 is 2.19 bits per heavy atom. The van der Waals surface area contributed by atoms with Crippen molar-refractivity contribution in [2.75, 3.05) is 18.2 Å². The summed E-state index contributed by atoms with van der Waals surface area (Å²) >= 11 is 1.48. The SMILES string of the molecule is CCOc1ccccc1CCC(=O)N1CSCC1C(=O)O. The topological polar surface area (TPSA) is 66.8 Å². The molecular weight excluding hydrogens is 290 g/mol. The molecule has 1 N–H and O–H groups in total. The number of rotatable bonds is 6. The van der Waals surface area contributed by atoms with E-state index in [0.717, 1.165) is 11.3 Å². The second-order valence-electron chi connectivity index (χ2n) is 4.76. The average Bonchev–Trinajstić information content (AvgIpc) is 2.96. The first-order valence-electron chi connectivity index (χ1n) is 6.94. The summed E-state index contributed by atoms with van der Waals surface area (Å²) in [6, 6.07) is 6.94. The number of amides is 1. The third-order valence-electron chi connectivity index (χ3n) is 3.37. The molecule has 0 spiro atoms. The summed E-state index contributed by atoms with van der Waals surface area (Å²) in [5.74, 6) is 0.680. The molecule has 1 amide bonds. The fraction of sp³-hybridized carbons (Fsp3) is 0.467. The summed E-state index contributed by atoms with van der Waals surface area (Å²) in [6.07, 6.45) is 0.858. The summed E-state index contributed by atoms with van der Waals surface area (Å²) in [7, 11) is 0. The molecule has 0 aliphatic carbocycles. The second-order valence-corrected chi connectivity index (χ2v) is 5.76. The molecule has 21 heavy (non-hydrogen) atoms. The normalized spacial score (nSPS) is 17.8. The van der Waals surface area contributed by atoms with Crippen LogP contribution < -0.4 is 4.74 Å². The number of nitrogens with zero attached hydrogens (tertiary/aromatic N) is 1. The zero-order valence-corrected chi connectivity index (χ0v) is 12.8. The molecule has 0 saturated carbocycles. The van der Waals surface area contributed by atoms with E-state index >= 15 is 0 Å².